The maximum atomic E-state index is 12.7. The smallest absolute Gasteiger partial charge is 0.269 e. The van der Waals surface area contributed by atoms with Gasteiger partial charge in [-0.2, -0.15) is 4.74 Å². The van der Waals surface area contributed by atoms with Crippen LogP contribution in [-0.4, -0.2) is 42.6 Å². The van der Waals surface area contributed by atoms with Gasteiger partial charge in [0.2, 0.25) is 4.87 Å². The van der Waals surface area contributed by atoms with Crippen LogP contribution in [0.5, 0.6) is 0 Å². The maximum absolute atomic E-state index is 12.7. The molecule has 1 heterocycles. The monoisotopic (exact) mass is 339 g/mol. The summed E-state index contributed by atoms with van der Waals surface area (Å²) in [5, 5.41) is 23.3. The van der Waals surface area contributed by atoms with Crippen molar-refractivity contribution in [2.75, 3.05) is 7.05 Å². The number of hydrogen-bond donors (Lipinski definition) is 0. The van der Waals surface area contributed by atoms with Crippen molar-refractivity contribution in [3.05, 3.63) is 45.2 Å². The van der Waals surface area contributed by atoms with E-state index in [1.165, 1.54) is 30.1 Å². The van der Waals surface area contributed by atoms with Crippen LogP contribution in [0.2, 0.25) is 0 Å². The van der Waals surface area contributed by atoms with Crippen molar-refractivity contribution in [2.45, 2.75) is 31.2 Å². The molecule has 1 atom stereocenters. The molecule has 0 amide bonds. The van der Waals surface area contributed by atoms with Gasteiger partial charge in [0.05, 0.1) is 4.92 Å². The summed E-state index contributed by atoms with van der Waals surface area (Å²) < 4.78 is 1.56. The molecule has 1 aromatic rings. The number of rotatable bonds is 3. The molecular weight excluding hydrogens is 322 g/mol. The number of hydroxylamine groups is 1. The molecule has 1 aromatic carbocycles. The van der Waals surface area contributed by atoms with E-state index in [1.807, 2.05) is 32.7 Å². The quantitative estimate of drug-likeness (QED) is 0.210. The fourth-order valence-corrected chi connectivity index (χ4v) is 4.11. The molecule has 0 spiro atoms. The van der Waals surface area contributed by atoms with Gasteiger partial charge < -0.3 is 10.1 Å². The van der Waals surface area contributed by atoms with Crippen LogP contribution < -0.4 is 0 Å². The lowest BCUT2D eigenvalue weighted by molar-refractivity contribution is -0.522. The van der Waals surface area contributed by atoms with Crippen LogP contribution in [0.25, 0.3) is 0 Å². The van der Waals surface area contributed by atoms with Gasteiger partial charge in [0, 0.05) is 31.7 Å². The number of thioether (sulfide) groups is 1. The second kappa shape index (κ2) is 5.51. The fraction of sp³-hybridized carbons (Fsp3) is 0.429. The van der Waals surface area contributed by atoms with Crippen molar-refractivity contribution in [2.24, 2.45) is 0 Å². The summed E-state index contributed by atoms with van der Waals surface area (Å²) >= 11 is 6.65. The van der Waals surface area contributed by atoms with E-state index in [0.717, 1.165) is 4.74 Å². The molecule has 0 bridgehead atoms. The molecule has 6 nitrogen and oxygen atoms in total. The largest absolute Gasteiger partial charge is 0.623 e. The van der Waals surface area contributed by atoms with Crippen LogP contribution in [0.4, 0.5) is 5.69 Å². The van der Waals surface area contributed by atoms with Crippen LogP contribution in [0, 0.1) is 15.3 Å². The van der Waals surface area contributed by atoms with E-state index in [2.05, 4.69) is 0 Å². The van der Waals surface area contributed by atoms with Crippen LogP contribution in [0.1, 0.15) is 26.3 Å². The van der Waals surface area contributed by atoms with E-state index < -0.39 is 15.3 Å². The molecular formula is C14H17N3O3S2. The summed E-state index contributed by atoms with van der Waals surface area (Å²) in [6.07, 6.45) is 1.44. The lowest BCUT2D eigenvalue weighted by Crippen LogP contribution is -2.55. The van der Waals surface area contributed by atoms with Crippen LogP contribution in [0.15, 0.2) is 24.3 Å². The zero-order chi connectivity index (χ0) is 16.7. The number of nitrogens with zero attached hydrogens (tertiary/aromatic N) is 3. The number of benzene rings is 1. The van der Waals surface area contributed by atoms with E-state index in [9.17, 15) is 15.3 Å². The van der Waals surface area contributed by atoms with Crippen LogP contribution >= 0.6 is 24.0 Å². The Morgan fingerprint density at radius 3 is 2.18 bits per heavy atom. The number of nitro groups is 1. The van der Waals surface area contributed by atoms with Gasteiger partial charge >= 0.3 is 0 Å². The molecule has 0 unspecified atom stereocenters. The molecule has 118 valence electrons. The van der Waals surface area contributed by atoms with Gasteiger partial charge in [-0.25, -0.2) is 0 Å². The Balaban J connectivity index is 2.36. The predicted molar refractivity (Wildman–Crippen MR) is 92.3 cm³/mol. The van der Waals surface area contributed by atoms with Gasteiger partial charge in [0.1, 0.15) is 9.86 Å². The summed E-state index contributed by atoms with van der Waals surface area (Å²) in [5.41, 5.74) is 0.157. The number of hydrogen-bond acceptors (Lipinski definition) is 5. The van der Waals surface area contributed by atoms with Crippen molar-refractivity contribution in [1.82, 2.24) is 4.90 Å². The number of nitro benzene ring substituents is 1. The number of non-ortho nitro benzene ring substituents is 1. The minimum absolute atomic E-state index is 0.00251. The second-order valence-corrected chi connectivity index (χ2v) is 7.80. The van der Waals surface area contributed by atoms with E-state index >= 15 is 0 Å². The van der Waals surface area contributed by atoms with E-state index in [1.54, 1.807) is 12.1 Å². The highest BCUT2D eigenvalue weighted by atomic mass is 32.2. The number of thiocarbonyl (C=S) groups is 1. The highest BCUT2D eigenvalue weighted by Crippen LogP contribution is 2.48. The molecule has 0 aliphatic carbocycles. The molecule has 0 saturated carbocycles. The van der Waals surface area contributed by atoms with E-state index in [0.29, 0.717) is 9.88 Å². The third-order valence-corrected chi connectivity index (χ3v) is 6.37. The molecule has 0 radical (unpaired) electrons. The molecule has 8 heteroatoms. The van der Waals surface area contributed by atoms with Crippen molar-refractivity contribution >= 4 is 40.2 Å². The normalized spacial score (nSPS) is 24.6. The minimum Gasteiger partial charge on any atom is -0.623 e. The summed E-state index contributed by atoms with van der Waals surface area (Å²) in [6, 6.07) is 5.87. The Bertz CT molecular complexity index is 658. The first kappa shape index (κ1) is 16.7. The highest BCUT2D eigenvalue weighted by Gasteiger charge is 2.59. The van der Waals surface area contributed by atoms with E-state index in [-0.39, 0.29) is 5.69 Å². The highest BCUT2D eigenvalue weighted by molar-refractivity contribution is 8.24. The Hall–Kier alpha value is -1.67. The third kappa shape index (κ3) is 2.56. The van der Waals surface area contributed by atoms with Crippen molar-refractivity contribution < 1.29 is 9.66 Å². The summed E-state index contributed by atoms with van der Waals surface area (Å²) in [5.74, 6) is 0. The first-order valence-corrected chi connectivity index (χ1v) is 7.84. The predicted octanol–water partition coefficient (Wildman–Crippen LogP) is 2.98. The van der Waals surface area contributed by atoms with E-state index in [4.69, 9.17) is 12.2 Å². The maximum Gasteiger partial charge on any atom is 0.269 e. The topological polar surface area (TPSA) is 72.5 Å². The Labute approximate surface area is 138 Å². The average Bonchev–Trinajstić information content (AvgIpc) is 2.60. The van der Waals surface area contributed by atoms with Crippen molar-refractivity contribution in [3.63, 3.8) is 0 Å². The SMILES string of the molecule is CN1C(=S)S[C@@](C)(/[N+]([O-])=C/c2ccc([N+](=O)[O-])cc2)C1(C)C. The lowest BCUT2D eigenvalue weighted by atomic mass is 9.94. The molecule has 1 aliphatic heterocycles. The van der Waals surface area contributed by atoms with Gasteiger partial charge in [0.15, 0.2) is 6.21 Å². The van der Waals surface area contributed by atoms with Gasteiger partial charge in [-0.1, -0.05) is 12.2 Å². The van der Waals surface area contributed by atoms with Crippen molar-refractivity contribution in [1.29, 1.82) is 0 Å². The molecule has 22 heavy (non-hydrogen) atoms. The van der Waals surface area contributed by atoms with Gasteiger partial charge in [-0.15, -0.1) is 0 Å². The molecule has 1 fully saturated rings. The fourth-order valence-electron chi connectivity index (χ4n) is 2.16. The standard InChI is InChI=1S/C14H17N3O3S2/c1-13(2)14(3,22-12(21)15(13)4)16(18)9-10-5-7-11(8-6-10)17(19)20/h5-9H,1-4H3/b16-9-/t14-/m1/s1. The summed E-state index contributed by atoms with van der Waals surface area (Å²) in [7, 11) is 1.88. The first-order chi connectivity index (χ1) is 10.1. The average molecular weight is 339 g/mol. The van der Waals surface area contributed by atoms with Crippen molar-refractivity contribution in [3.8, 4) is 0 Å². The molecule has 1 aliphatic rings. The molecule has 0 N–H and O–H groups in total. The second-order valence-electron chi connectivity index (χ2n) is 5.77. The Morgan fingerprint density at radius 1 is 1.23 bits per heavy atom. The number of likely N-dealkylation sites (N-methyl/N-ethyl adjacent to an activating group) is 1. The first-order valence-electron chi connectivity index (χ1n) is 6.62. The summed E-state index contributed by atoms with van der Waals surface area (Å²) in [6.45, 7) is 5.78. The zero-order valence-corrected chi connectivity index (χ0v) is 14.4. The molecule has 1 saturated heterocycles. The van der Waals surface area contributed by atoms with Gasteiger partial charge in [-0.3, -0.25) is 10.1 Å². The zero-order valence-electron chi connectivity index (χ0n) is 12.8. The van der Waals surface area contributed by atoms with Crippen LogP contribution in [-0.2, 0) is 0 Å². The van der Waals surface area contributed by atoms with Crippen LogP contribution in [0.3, 0.4) is 0 Å². The lowest BCUT2D eigenvalue weighted by Gasteiger charge is -2.37. The molecule has 2 rings (SSSR count). The van der Waals surface area contributed by atoms with Gasteiger partial charge in [-0.05, 0) is 37.7 Å². The van der Waals surface area contributed by atoms with Gasteiger partial charge in [0.25, 0.3) is 5.69 Å². The summed E-state index contributed by atoms with van der Waals surface area (Å²) in [4.78, 5) is 11.3. The Kier molecular flexibility index (Phi) is 4.18. The minimum atomic E-state index is -0.777. The Morgan fingerprint density at radius 2 is 1.77 bits per heavy atom. The third-order valence-electron chi connectivity index (χ3n) is 4.32. The molecule has 0 aromatic heterocycles.